The molecule has 108 valence electrons. The van der Waals surface area contributed by atoms with Crippen molar-refractivity contribution in [1.82, 2.24) is 10.3 Å². The first-order valence-corrected chi connectivity index (χ1v) is 7.12. The summed E-state index contributed by atoms with van der Waals surface area (Å²) < 4.78 is 5.06. The number of rotatable bonds is 7. The molecule has 7 heteroatoms. The molecule has 0 saturated carbocycles. The summed E-state index contributed by atoms with van der Waals surface area (Å²) >= 11 is 1.31. The van der Waals surface area contributed by atoms with Gasteiger partial charge in [-0.15, -0.1) is 0 Å². The van der Waals surface area contributed by atoms with Crippen LogP contribution in [0.25, 0.3) is 0 Å². The second-order valence-corrected chi connectivity index (χ2v) is 5.24. The first-order chi connectivity index (χ1) is 9.03. The fraction of sp³-hybridized carbons (Fsp3) is 0.667. The summed E-state index contributed by atoms with van der Waals surface area (Å²) in [6, 6.07) is -0.00800. The van der Waals surface area contributed by atoms with Gasteiger partial charge < -0.3 is 20.7 Å². The van der Waals surface area contributed by atoms with Crippen LogP contribution in [0.1, 0.15) is 29.9 Å². The highest BCUT2D eigenvalue weighted by atomic mass is 32.1. The number of nitrogens with two attached hydrogens (primary N) is 1. The quantitative estimate of drug-likeness (QED) is 0.790. The van der Waals surface area contributed by atoms with E-state index in [1.165, 1.54) is 11.3 Å². The maximum atomic E-state index is 12.1. The molecule has 0 spiro atoms. The third-order valence-corrected chi connectivity index (χ3v) is 4.03. The number of aromatic nitrogens is 1. The first kappa shape index (κ1) is 15.7. The van der Waals surface area contributed by atoms with Gasteiger partial charge in [0.2, 0.25) is 0 Å². The average Bonchev–Trinajstić information content (AvgIpc) is 2.79. The van der Waals surface area contributed by atoms with E-state index in [4.69, 9.17) is 10.5 Å². The maximum Gasteiger partial charge on any atom is 0.265 e. The molecule has 6 nitrogen and oxygen atoms in total. The number of ether oxygens (including phenoxy) is 1. The van der Waals surface area contributed by atoms with Crippen molar-refractivity contribution >= 4 is 28.2 Å². The number of nitrogens with one attached hydrogen (secondary N) is 1. The summed E-state index contributed by atoms with van der Waals surface area (Å²) in [5, 5.41) is 3.66. The van der Waals surface area contributed by atoms with E-state index >= 15 is 0 Å². The van der Waals surface area contributed by atoms with Gasteiger partial charge in [0.1, 0.15) is 10.7 Å². The lowest BCUT2D eigenvalue weighted by atomic mass is 10.2. The number of carbonyl (C=O) groups excluding carboxylic acids is 1. The van der Waals surface area contributed by atoms with E-state index in [9.17, 15) is 4.79 Å². The van der Waals surface area contributed by atoms with Crippen molar-refractivity contribution in [3.8, 4) is 0 Å². The molecule has 0 aliphatic rings. The molecule has 1 heterocycles. The molecule has 1 aromatic rings. The van der Waals surface area contributed by atoms with E-state index in [0.717, 1.165) is 18.1 Å². The van der Waals surface area contributed by atoms with Gasteiger partial charge in [0.05, 0.1) is 12.6 Å². The van der Waals surface area contributed by atoms with Crippen LogP contribution >= 0.6 is 11.3 Å². The Morgan fingerprint density at radius 3 is 2.79 bits per heavy atom. The number of amides is 1. The fourth-order valence-electron chi connectivity index (χ4n) is 1.50. The summed E-state index contributed by atoms with van der Waals surface area (Å²) in [7, 11) is 3.53. The summed E-state index contributed by atoms with van der Waals surface area (Å²) in [6.07, 6.45) is 0.806. The lowest BCUT2D eigenvalue weighted by Gasteiger charge is -2.15. The predicted octanol–water partition coefficient (Wildman–Crippen LogP) is 1.34. The van der Waals surface area contributed by atoms with Gasteiger partial charge >= 0.3 is 0 Å². The van der Waals surface area contributed by atoms with Gasteiger partial charge in [-0.1, -0.05) is 18.3 Å². The summed E-state index contributed by atoms with van der Waals surface area (Å²) in [5.74, 6) is 0.0970. The third kappa shape index (κ3) is 4.07. The number of methoxy groups -OCH3 is 1. The van der Waals surface area contributed by atoms with Crippen LogP contribution in [0.4, 0.5) is 10.9 Å². The van der Waals surface area contributed by atoms with Crippen LogP contribution in [0.5, 0.6) is 0 Å². The molecule has 0 fully saturated rings. The number of nitrogen functional groups attached to an aromatic ring is 1. The monoisotopic (exact) mass is 286 g/mol. The Bertz CT molecular complexity index is 422. The van der Waals surface area contributed by atoms with E-state index in [2.05, 4.69) is 10.3 Å². The molecule has 1 amide bonds. The average molecular weight is 286 g/mol. The van der Waals surface area contributed by atoms with Crippen LogP contribution in [0.2, 0.25) is 0 Å². The van der Waals surface area contributed by atoms with Crippen molar-refractivity contribution < 1.29 is 9.53 Å². The van der Waals surface area contributed by atoms with Gasteiger partial charge in [0, 0.05) is 20.7 Å². The molecule has 1 unspecified atom stereocenters. The Labute approximate surface area is 118 Å². The molecule has 0 radical (unpaired) electrons. The largest absolute Gasteiger partial charge is 0.383 e. The zero-order chi connectivity index (χ0) is 14.4. The van der Waals surface area contributed by atoms with Gasteiger partial charge in [0.15, 0.2) is 5.13 Å². The number of hydrogen-bond acceptors (Lipinski definition) is 6. The van der Waals surface area contributed by atoms with Crippen LogP contribution in [0, 0.1) is 0 Å². The Hall–Kier alpha value is -1.34. The molecule has 1 rings (SSSR count). The molecule has 3 N–H and O–H groups in total. The van der Waals surface area contributed by atoms with Crippen molar-refractivity contribution in [3.63, 3.8) is 0 Å². The van der Waals surface area contributed by atoms with Crippen molar-refractivity contribution in [3.05, 3.63) is 4.88 Å². The maximum absolute atomic E-state index is 12.1. The number of hydrogen-bond donors (Lipinski definition) is 2. The highest BCUT2D eigenvalue weighted by Gasteiger charge is 2.19. The molecular weight excluding hydrogens is 264 g/mol. The van der Waals surface area contributed by atoms with Crippen molar-refractivity contribution in [2.75, 3.05) is 37.9 Å². The highest BCUT2D eigenvalue weighted by molar-refractivity contribution is 7.18. The Balaban J connectivity index is 2.79. The van der Waals surface area contributed by atoms with Crippen molar-refractivity contribution in [2.24, 2.45) is 0 Å². The van der Waals surface area contributed by atoms with Gasteiger partial charge in [-0.3, -0.25) is 4.79 Å². The fourth-order valence-corrected chi connectivity index (χ4v) is 2.41. The molecule has 0 saturated heterocycles. The third-order valence-electron chi connectivity index (χ3n) is 2.85. The van der Waals surface area contributed by atoms with E-state index < -0.39 is 0 Å². The van der Waals surface area contributed by atoms with Crippen molar-refractivity contribution in [2.45, 2.75) is 26.3 Å². The van der Waals surface area contributed by atoms with Gasteiger partial charge in [0.25, 0.3) is 5.91 Å². The number of carbonyl (C=O) groups is 1. The molecule has 0 aromatic carbocycles. The van der Waals surface area contributed by atoms with E-state index in [1.807, 2.05) is 25.8 Å². The molecule has 19 heavy (non-hydrogen) atoms. The molecule has 0 aliphatic heterocycles. The highest BCUT2D eigenvalue weighted by Crippen LogP contribution is 2.27. The number of anilines is 2. The van der Waals surface area contributed by atoms with E-state index in [1.54, 1.807) is 7.11 Å². The van der Waals surface area contributed by atoms with Crippen LogP contribution in [0.15, 0.2) is 0 Å². The summed E-state index contributed by atoms with van der Waals surface area (Å²) in [4.78, 5) is 18.8. The lowest BCUT2D eigenvalue weighted by molar-refractivity contribution is 0.0899. The van der Waals surface area contributed by atoms with Crippen LogP contribution in [-0.2, 0) is 4.74 Å². The number of nitrogens with zero attached hydrogens (tertiary/aromatic N) is 2. The Kier molecular flexibility index (Phi) is 6.04. The summed E-state index contributed by atoms with van der Waals surface area (Å²) in [5.41, 5.74) is 5.81. The number of thiazole rings is 1. The smallest absolute Gasteiger partial charge is 0.265 e. The van der Waals surface area contributed by atoms with Crippen molar-refractivity contribution in [1.29, 1.82) is 0 Å². The van der Waals surface area contributed by atoms with Crippen LogP contribution < -0.4 is 16.0 Å². The second kappa shape index (κ2) is 7.30. The minimum Gasteiger partial charge on any atom is -0.383 e. The Morgan fingerprint density at radius 2 is 2.26 bits per heavy atom. The molecule has 1 atom stereocenters. The minimum atomic E-state index is -0.186. The standard InChI is InChI=1S/C12H22N4O2S/c1-5-8(7-18-4)14-11(17)9-10(13)15-12(19-9)16(3)6-2/h8H,5-7,13H2,1-4H3,(H,14,17). The molecular formula is C12H22N4O2S. The van der Waals surface area contributed by atoms with E-state index in [-0.39, 0.29) is 17.8 Å². The minimum absolute atomic E-state index is 0.00800. The lowest BCUT2D eigenvalue weighted by Crippen LogP contribution is -2.37. The van der Waals surface area contributed by atoms with Gasteiger partial charge in [-0.05, 0) is 13.3 Å². The SMILES string of the molecule is CCC(COC)NC(=O)c1sc(N(C)CC)nc1N. The zero-order valence-electron chi connectivity index (χ0n) is 11.9. The summed E-state index contributed by atoms with van der Waals surface area (Å²) in [6.45, 7) is 5.32. The van der Waals surface area contributed by atoms with Crippen LogP contribution in [0.3, 0.4) is 0 Å². The predicted molar refractivity (Wildman–Crippen MR) is 78.9 cm³/mol. The van der Waals surface area contributed by atoms with E-state index in [0.29, 0.717) is 11.5 Å². The van der Waals surface area contributed by atoms with Gasteiger partial charge in [-0.2, -0.15) is 0 Å². The van der Waals surface area contributed by atoms with Crippen LogP contribution in [-0.4, -0.2) is 44.2 Å². The molecule has 0 aliphatic carbocycles. The normalized spacial score (nSPS) is 12.2. The second-order valence-electron chi connectivity index (χ2n) is 4.26. The Morgan fingerprint density at radius 1 is 1.58 bits per heavy atom. The van der Waals surface area contributed by atoms with Gasteiger partial charge in [-0.25, -0.2) is 4.98 Å². The first-order valence-electron chi connectivity index (χ1n) is 6.30. The zero-order valence-corrected chi connectivity index (χ0v) is 12.7. The molecule has 1 aromatic heterocycles. The molecule has 0 bridgehead atoms. The topological polar surface area (TPSA) is 80.5 Å².